The fourth-order valence-corrected chi connectivity index (χ4v) is 23.0. The van der Waals surface area contributed by atoms with Crippen molar-refractivity contribution >= 4 is 41.6 Å². The third-order valence-electron chi connectivity index (χ3n) is 23.9. The van der Waals surface area contributed by atoms with Gasteiger partial charge in [0.1, 0.15) is 12.2 Å². The van der Waals surface area contributed by atoms with Crippen LogP contribution in [0, 0.1) is 86.3 Å². The maximum Gasteiger partial charge on any atom is 0.397 e. The lowest BCUT2D eigenvalue weighted by Crippen LogP contribution is -2.59. The molecule has 24 heteroatoms. The van der Waals surface area contributed by atoms with Crippen LogP contribution in [0.5, 0.6) is 0 Å². The normalized spacial score (nSPS) is 48.1. The zero-order valence-electron chi connectivity index (χ0n) is 46.5. The van der Waals surface area contributed by atoms with Crippen LogP contribution in [0.25, 0.3) is 0 Å². The summed E-state index contributed by atoms with van der Waals surface area (Å²) in [5.41, 5.74) is 0.926. The molecule has 1 heterocycles. The molecule has 23 unspecified atom stereocenters. The number of fused-ring (bicyclic) bond motifs is 10. The largest absolute Gasteiger partial charge is 0.397 e. The van der Waals surface area contributed by atoms with E-state index in [1.807, 2.05) is 13.8 Å². The van der Waals surface area contributed by atoms with Gasteiger partial charge < -0.3 is 20.1 Å². The standard InChI is InChI=1S/C54H86O20S4/c1-27(32-11-13-34-30-20-41(71-75(58,59)60)38-22-40(55)43(73-77(64,65)66)24-52(38,8)36(30)16-18-50(32,34)6)10-15-45-54(57)23-39(49(4,5)26-54)48(70-45)28(2)33-12-14-35-31-21-42(72-76(61,62)63)46-29(3)47(56)44(74-78(67,68)69)25-53(46,9)37(31)17-19-51(33,35)7/h27-29,32-33,35-36,38-48,55-57H,10-26H2,1-9H3,(H,58,59,60)(H,61,62,63)(H,64,65,66)(H,67,68,69). The third-order valence-corrected chi connectivity index (χ3v) is 25.9. The van der Waals surface area contributed by atoms with Crippen molar-refractivity contribution in [2.75, 3.05) is 0 Å². The Morgan fingerprint density at radius 2 is 1.19 bits per heavy atom. The van der Waals surface area contributed by atoms with Crippen molar-refractivity contribution in [1.82, 2.24) is 0 Å². The summed E-state index contributed by atoms with van der Waals surface area (Å²) in [5, 5.41) is 35.0. The predicted molar refractivity (Wildman–Crippen MR) is 282 cm³/mol. The first-order valence-electron chi connectivity index (χ1n) is 28.5. The molecule has 0 spiro atoms. The minimum absolute atomic E-state index is 0.00383. The molecule has 1 aliphatic heterocycles. The summed E-state index contributed by atoms with van der Waals surface area (Å²) in [5.74, 6) is -1.27. The topological polar surface area (TPSA) is 324 Å². The molecule has 20 nitrogen and oxygen atoms in total. The fourth-order valence-electron chi connectivity index (χ4n) is 21.0. The van der Waals surface area contributed by atoms with Crippen molar-refractivity contribution < 1.29 is 88.7 Å². The smallest absolute Gasteiger partial charge is 0.390 e. The van der Waals surface area contributed by atoms with Crippen LogP contribution in [0.15, 0.2) is 22.3 Å². The van der Waals surface area contributed by atoms with E-state index in [9.17, 15) is 67.2 Å². The van der Waals surface area contributed by atoms with Gasteiger partial charge in [0.25, 0.3) is 0 Å². The third kappa shape index (κ3) is 10.3. The monoisotopic (exact) mass is 1180 g/mol. The predicted octanol–water partition coefficient (Wildman–Crippen LogP) is 7.58. The van der Waals surface area contributed by atoms with Crippen molar-refractivity contribution in [2.45, 2.75) is 226 Å². The Morgan fingerprint density at radius 1 is 0.628 bits per heavy atom. The lowest BCUT2D eigenvalue weighted by molar-refractivity contribution is -0.198. The van der Waals surface area contributed by atoms with Crippen LogP contribution >= 0.6 is 0 Å². The van der Waals surface area contributed by atoms with Gasteiger partial charge in [-0.2, -0.15) is 33.7 Å². The second-order valence-corrected chi connectivity index (χ2v) is 32.5. The van der Waals surface area contributed by atoms with E-state index < -0.39 is 119 Å². The maximum absolute atomic E-state index is 12.6. The van der Waals surface area contributed by atoms with Gasteiger partial charge in [0, 0.05) is 5.92 Å². The summed E-state index contributed by atoms with van der Waals surface area (Å²) in [6.07, 6.45) is 1.38. The van der Waals surface area contributed by atoms with Crippen molar-refractivity contribution in [3.05, 3.63) is 22.3 Å². The maximum atomic E-state index is 12.6. The fraction of sp³-hybridized carbons (Fsp3) is 0.926. The number of rotatable bonds is 14. The van der Waals surface area contributed by atoms with Crippen molar-refractivity contribution in [2.24, 2.45) is 86.3 Å². The van der Waals surface area contributed by atoms with E-state index in [-0.39, 0.29) is 95.9 Å². The molecule has 1 saturated heterocycles. The highest BCUT2D eigenvalue weighted by Gasteiger charge is 2.66. The molecule has 7 fully saturated rings. The summed E-state index contributed by atoms with van der Waals surface area (Å²) in [7, 11) is -19.7. The van der Waals surface area contributed by atoms with Crippen molar-refractivity contribution in [3.8, 4) is 0 Å². The molecule has 0 aromatic carbocycles. The highest BCUT2D eigenvalue weighted by molar-refractivity contribution is 7.81. The molecule has 10 rings (SSSR count). The SMILES string of the molecule is CC(CCC1OC(C(C)C2CCC3C4=C(CCC32C)C2(C)CC(OS(=O)(=O)O)C(O)C(C)C2C(OS(=O)(=O)O)C4)C2CC1(O)CC2(C)C)C1CCC2=C3CC(OS(=O)(=O)O)C4CC(O)C(OS(=O)(=O)O)CC4(C)C3CCC21C. The Morgan fingerprint density at radius 3 is 1.82 bits per heavy atom. The molecular formula is C54H86O20S4. The van der Waals surface area contributed by atoms with Gasteiger partial charge in [-0.3, -0.25) is 18.2 Å². The molecule has 23 atom stereocenters. The molecule has 78 heavy (non-hydrogen) atoms. The van der Waals surface area contributed by atoms with Gasteiger partial charge in [-0.25, -0.2) is 16.7 Å². The quantitative estimate of drug-likeness (QED) is 0.0651. The molecule has 6 saturated carbocycles. The average molecular weight is 1180 g/mol. The van der Waals surface area contributed by atoms with E-state index in [1.165, 1.54) is 5.57 Å². The van der Waals surface area contributed by atoms with Crippen LogP contribution in [-0.4, -0.2) is 122 Å². The highest BCUT2D eigenvalue weighted by atomic mass is 32.3. The van der Waals surface area contributed by atoms with Gasteiger partial charge >= 0.3 is 41.6 Å². The molecule has 9 aliphatic carbocycles. The van der Waals surface area contributed by atoms with Crippen LogP contribution < -0.4 is 0 Å². The number of allylic oxidation sites excluding steroid dienone is 2. The molecule has 0 radical (unpaired) electrons. The summed E-state index contributed by atoms with van der Waals surface area (Å²) in [6, 6.07) is 0. The molecule has 0 aromatic heterocycles. The van der Waals surface area contributed by atoms with Gasteiger partial charge in [-0.1, -0.05) is 84.6 Å². The first-order chi connectivity index (χ1) is 35.7. The van der Waals surface area contributed by atoms with E-state index in [0.717, 1.165) is 61.7 Å². The Kier molecular flexibility index (Phi) is 15.1. The zero-order chi connectivity index (χ0) is 57.3. The van der Waals surface area contributed by atoms with E-state index in [4.69, 9.17) is 21.5 Å². The van der Waals surface area contributed by atoms with E-state index in [0.29, 0.717) is 32.1 Å². The lowest BCUT2D eigenvalue weighted by atomic mass is 9.47. The van der Waals surface area contributed by atoms with Gasteiger partial charge in [0.15, 0.2) is 0 Å². The minimum atomic E-state index is -4.95. The molecule has 7 N–H and O–H groups in total. The number of ether oxygens (including phenoxy) is 1. The van der Waals surface area contributed by atoms with Gasteiger partial charge in [0.05, 0.1) is 42.2 Å². The van der Waals surface area contributed by atoms with Crippen molar-refractivity contribution in [1.29, 1.82) is 0 Å². The molecule has 10 aliphatic rings. The Balaban J connectivity index is 0.881. The molecule has 0 amide bonds. The Bertz CT molecular complexity index is 2910. The number of hydrogen-bond acceptors (Lipinski definition) is 16. The van der Waals surface area contributed by atoms with E-state index in [2.05, 4.69) is 41.5 Å². The number of hydrogen-bond donors (Lipinski definition) is 7. The Hall–Kier alpha value is -1.20. The lowest BCUT2D eigenvalue weighted by Gasteiger charge is -2.59. The summed E-state index contributed by atoms with van der Waals surface area (Å²) in [4.78, 5) is 0. The van der Waals surface area contributed by atoms with Crippen molar-refractivity contribution in [3.63, 3.8) is 0 Å². The molecule has 0 aromatic rings. The number of aliphatic hydroxyl groups excluding tert-OH is 2. The average Bonchev–Trinajstić information content (AvgIpc) is 4.04. The van der Waals surface area contributed by atoms with Crippen LogP contribution in [0.3, 0.4) is 0 Å². The van der Waals surface area contributed by atoms with Gasteiger partial charge in [0.2, 0.25) is 0 Å². The summed E-state index contributed by atoms with van der Waals surface area (Å²) >= 11 is 0. The van der Waals surface area contributed by atoms with Crippen LogP contribution in [0.4, 0.5) is 0 Å². The van der Waals surface area contributed by atoms with E-state index >= 15 is 0 Å². The molecule has 2 bridgehead atoms. The first kappa shape index (κ1) is 59.9. The van der Waals surface area contributed by atoms with Gasteiger partial charge in [-0.05, 0) is 189 Å². The van der Waals surface area contributed by atoms with Crippen LogP contribution in [0.1, 0.15) is 171 Å². The van der Waals surface area contributed by atoms with Gasteiger partial charge in [-0.15, -0.1) is 0 Å². The molecular weight excluding hydrogens is 1100 g/mol. The zero-order valence-corrected chi connectivity index (χ0v) is 49.7. The minimum Gasteiger partial charge on any atom is -0.390 e. The number of aliphatic hydroxyl groups is 3. The summed E-state index contributed by atoms with van der Waals surface area (Å²) < 4.78 is 165. The van der Waals surface area contributed by atoms with E-state index in [1.54, 1.807) is 6.92 Å². The Labute approximate surface area is 462 Å². The summed E-state index contributed by atoms with van der Waals surface area (Å²) in [6.45, 7) is 19.2. The second kappa shape index (κ2) is 19.7. The van der Waals surface area contributed by atoms with Crippen LogP contribution in [0.2, 0.25) is 0 Å². The first-order valence-corrected chi connectivity index (χ1v) is 34.0. The van der Waals surface area contributed by atoms with Crippen LogP contribution in [-0.2, 0) is 63.1 Å². The highest BCUT2D eigenvalue weighted by Crippen LogP contribution is 2.70. The second-order valence-electron chi connectivity index (χ2n) is 28.3. The molecule has 446 valence electrons.